The van der Waals surface area contributed by atoms with Crippen LogP contribution in [0.4, 0.5) is 0 Å². The minimum Gasteiger partial charge on any atom is -0.481 e. The van der Waals surface area contributed by atoms with Crippen molar-refractivity contribution in [1.29, 1.82) is 0 Å². The van der Waals surface area contributed by atoms with Gasteiger partial charge >= 0.3 is 23.9 Å². The fourth-order valence-electron chi connectivity index (χ4n) is 0.695. The maximum absolute atomic E-state index is 9.90. The SMILES string of the molecule is C=C.C=CC.O=C(O)/C=C\C(=O)O.O=C(O)CCCCC(=O)O. The van der Waals surface area contributed by atoms with Gasteiger partial charge < -0.3 is 20.4 Å². The summed E-state index contributed by atoms with van der Waals surface area (Å²) in [4.78, 5) is 38.9. The summed E-state index contributed by atoms with van der Waals surface area (Å²) in [6.07, 6.45) is 3.88. The number of carboxylic acid groups (broad SMARTS) is 4. The number of hydrogen-bond donors (Lipinski definition) is 4. The largest absolute Gasteiger partial charge is 0.481 e. The summed E-state index contributed by atoms with van der Waals surface area (Å²) in [6.45, 7) is 11.2. The Labute approximate surface area is 135 Å². The fourth-order valence-corrected chi connectivity index (χ4v) is 0.695. The van der Waals surface area contributed by atoms with Crippen molar-refractivity contribution in [2.75, 3.05) is 0 Å². The summed E-state index contributed by atoms with van der Waals surface area (Å²) < 4.78 is 0. The molecule has 0 radical (unpaired) electrons. The zero-order chi connectivity index (χ0) is 19.3. The lowest BCUT2D eigenvalue weighted by Gasteiger charge is -1.92. The van der Waals surface area contributed by atoms with Crippen molar-refractivity contribution in [3.63, 3.8) is 0 Å². The van der Waals surface area contributed by atoms with E-state index in [1.54, 1.807) is 6.08 Å². The molecule has 0 aliphatic carbocycles. The van der Waals surface area contributed by atoms with Crippen LogP contribution in [0.15, 0.2) is 38.0 Å². The standard InChI is InChI=1S/C6H10O4.C4H4O4.C3H6.C2H4/c7-5(8)3-1-2-4-6(9)10;5-3(6)1-2-4(7)8;1-3-2;1-2/h1-4H2,(H,7,8)(H,9,10);1-2H,(H,5,6)(H,7,8);3H,1H2,2H3;1-2H2/b;2-1-;;. The van der Waals surface area contributed by atoms with Crippen molar-refractivity contribution in [3.05, 3.63) is 38.0 Å². The lowest BCUT2D eigenvalue weighted by Crippen LogP contribution is -1.97. The maximum atomic E-state index is 9.90. The van der Waals surface area contributed by atoms with Crippen LogP contribution >= 0.6 is 0 Å². The van der Waals surface area contributed by atoms with Crippen LogP contribution in [0, 0.1) is 0 Å². The van der Waals surface area contributed by atoms with Crippen molar-refractivity contribution in [2.45, 2.75) is 32.6 Å². The molecule has 0 amide bonds. The van der Waals surface area contributed by atoms with E-state index in [1.165, 1.54) is 0 Å². The van der Waals surface area contributed by atoms with Crippen LogP contribution < -0.4 is 0 Å². The molecule has 0 spiro atoms. The zero-order valence-corrected chi connectivity index (χ0v) is 13.1. The van der Waals surface area contributed by atoms with Crippen molar-refractivity contribution >= 4 is 23.9 Å². The van der Waals surface area contributed by atoms with Gasteiger partial charge in [-0.2, -0.15) is 0 Å². The average molecular weight is 332 g/mol. The molecule has 0 aromatic carbocycles. The van der Waals surface area contributed by atoms with Gasteiger partial charge in [-0.25, -0.2) is 9.59 Å². The second-order valence-corrected chi connectivity index (χ2v) is 3.41. The van der Waals surface area contributed by atoms with Gasteiger partial charge in [-0.05, 0) is 19.8 Å². The molecule has 0 unspecified atom stereocenters. The van der Waals surface area contributed by atoms with Gasteiger partial charge in [-0.15, -0.1) is 19.7 Å². The Morgan fingerprint density at radius 1 is 0.783 bits per heavy atom. The van der Waals surface area contributed by atoms with Crippen molar-refractivity contribution < 1.29 is 39.6 Å². The fraction of sp³-hybridized carbons (Fsp3) is 0.333. The van der Waals surface area contributed by atoms with Crippen LogP contribution in [-0.4, -0.2) is 44.3 Å². The van der Waals surface area contributed by atoms with Gasteiger partial charge in [0.15, 0.2) is 0 Å². The average Bonchev–Trinajstić information content (AvgIpc) is 2.45. The Balaban J connectivity index is -0.000000124. The Morgan fingerprint density at radius 3 is 1.13 bits per heavy atom. The van der Waals surface area contributed by atoms with E-state index in [9.17, 15) is 19.2 Å². The minimum atomic E-state index is -1.26. The van der Waals surface area contributed by atoms with Gasteiger partial charge in [-0.3, -0.25) is 9.59 Å². The molecule has 0 atom stereocenters. The van der Waals surface area contributed by atoms with Gasteiger partial charge in [0.05, 0.1) is 0 Å². The highest BCUT2D eigenvalue weighted by molar-refractivity contribution is 5.89. The zero-order valence-electron chi connectivity index (χ0n) is 13.1. The van der Waals surface area contributed by atoms with E-state index in [4.69, 9.17) is 20.4 Å². The molecule has 8 nitrogen and oxygen atoms in total. The number of carboxylic acids is 4. The van der Waals surface area contributed by atoms with E-state index in [2.05, 4.69) is 19.7 Å². The van der Waals surface area contributed by atoms with Crippen molar-refractivity contribution in [2.24, 2.45) is 0 Å². The normalized spacial score (nSPS) is 8.04. The Morgan fingerprint density at radius 2 is 1.00 bits per heavy atom. The quantitative estimate of drug-likeness (QED) is 0.315. The lowest BCUT2D eigenvalue weighted by molar-refractivity contribution is -0.139. The Kier molecular flexibility index (Phi) is 29.7. The molecule has 0 aliphatic heterocycles. The molecule has 0 saturated carbocycles. The highest BCUT2D eigenvalue weighted by Gasteiger charge is 1.99. The van der Waals surface area contributed by atoms with Gasteiger partial charge in [0, 0.05) is 25.0 Å². The number of unbranched alkanes of at least 4 members (excludes halogenated alkanes) is 1. The summed E-state index contributed by atoms with van der Waals surface area (Å²) in [6, 6.07) is 0. The molecule has 23 heavy (non-hydrogen) atoms. The highest BCUT2D eigenvalue weighted by Crippen LogP contribution is 1.98. The van der Waals surface area contributed by atoms with Crippen LogP contribution in [0.25, 0.3) is 0 Å². The monoisotopic (exact) mass is 332 g/mol. The summed E-state index contributed by atoms with van der Waals surface area (Å²) in [5, 5.41) is 31.9. The first-order valence-electron chi connectivity index (χ1n) is 6.31. The molecule has 0 fully saturated rings. The molecule has 0 rings (SSSR count). The van der Waals surface area contributed by atoms with Crippen LogP contribution in [0.3, 0.4) is 0 Å². The summed E-state index contributed by atoms with van der Waals surface area (Å²) in [5.41, 5.74) is 0. The third kappa shape index (κ3) is 67.4. The molecule has 4 N–H and O–H groups in total. The van der Waals surface area contributed by atoms with E-state index in [-0.39, 0.29) is 12.8 Å². The molecule has 132 valence electrons. The van der Waals surface area contributed by atoms with Crippen LogP contribution in [0.5, 0.6) is 0 Å². The molecule has 0 saturated heterocycles. The van der Waals surface area contributed by atoms with Crippen LogP contribution in [0.1, 0.15) is 32.6 Å². The molecule has 0 bridgehead atoms. The highest BCUT2D eigenvalue weighted by atomic mass is 16.4. The van der Waals surface area contributed by atoms with Crippen molar-refractivity contribution in [3.8, 4) is 0 Å². The van der Waals surface area contributed by atoms with Gasteiger partial charge in [-0.1, -0.05) is 6.08 Å². The molecular weight excluding hydrogens is 308 g/mol. The van der Waals surface area contributed by atoms with Crippen LogP contribution in [0.2, 0.25) is 0 Å². The van der Waals surface area contributed by atoms with Gasteiger partial charge in [0.2, 0.25) is 0 Å². The maximum Gasteiger partial charge on any atom is 0.328 e. The van der Waals surface area contributed by atoms with E-state index < -0.39 is 23.9 Å². The third-order valence-corrected chi connectivity index (χ3v) is 1.40. The first kappa shape index (κ1) is 28.3. The third-order valence-electron chi connectivity index (χ3n) is 1.40. The summed E-state index contributed by atoms with van der Waals surface area (Å²) in [5.74, 6) is -4.25. The Bertz CT molecular complexity index is 353. The minimum absolute atomic E-state index is 0.0628. The summed E-state index contributed by atoms with van der Waals surface area (Å²) in [7, 11) is 0. The first-order chi connectivity index (χ1) is 10.7. The molecule has 0 heterocycles. The Hall–Kier alpha value is -2.90. The second-order valence-electron chi connectivity index (χ2n) is 3.41. The number of rotatable bonds is 7. The number of carbonyl (C=O) groups is 4. The number of aliphatic carboxylic acids is 4. The van der Waals surface area contributed by atoms with Crippen molar-refractivity contribution in [1.82, 2.24) is 0 Å². The lowest BCUT2D eigenvalue weighted by atomic mass is 10.2. The van der Waals surface area contributed by atoms with E-state index >= 15 is 0 Å². The molecule has 8 heteroatoms. The topological polar surface area (TPSA) is 149 Å². The predicted molar refractivity (Wildman–Crippen MR) is 85.3 cm³/mol. The number of allylic oxidation sites excluding steroid dienone is 1. The molecular formula is C15H24O8. The van der Waals surface area contributed by atoms with Gasteiger partial charge in [0.1, 0.15) is 0 Å². The first-order valence-corrected chi connectivity index (χ1v) is 6.31. The molecule has 0 aromatic rings. The molecule has 0 aromatic heterocycles. The summed E-state index contributed by atoms with van der Waals surface area (Å²) >= 11 is 0. The molecule has 0 aliphatic rings. The van der Waals surface area contributed by atoms with E-state index in [1.807, 2.05) is 6.92 Å². The van der Waals surface area contributed by atoms with Crippen LogP contribution in [-0.2, 0) is 19.2 Å². The van der Waals surface area contributed by atoms with Gasteiger partial charge in [0.25, 0.3) is 0 Å². The van der Waals surface area contributed by atoms with E-state index in [0.717, 1.165) is 0 Å². The second kappa shape index (κ2) is 24.1. The smallest absolute Gasteiger partial charge is 0.328 e. The number of hydrogen-bond acceptors (Lipinski definition) is 4. The predicted octanol–water partition coefficient (Wildman–Crippen LogP) is 2.42. The van der Waals surface area contributed by atoms with E-state index in [0.29, 0.717) is 25.0 Å².